The van der Waals surface area contributed by atoms with Crippen LogP contribution < -0.4 is 0 Å². The lowest BCUT2D eigenvalue weighted by molar-refractivity contribution is 0.400. The molecule has 0 saturated heterocycles. The van der Waals surface area contributed by atoms with Gasteiger partial charge in [-0.3, -0.25) is 0 Å². The van der Waals surface area contributed by atoms with Crippen LogP contribution in [0.2, 0.25) is 0 Å². The number of phenolic OH excluding ortho intramolecular Hbond substituents is 2. The van der Waals surface area contributed by atoms with Crippen LogP contribution in [0, 0.1) is 6.92 Å². The van der Waals surface area contributed by atoms with E-state index < -0.39 is 0 Å². The minimum absolute atomic E-state index is 0.0597. The Morgan fingerprint density at radius 2 is 1.83 bits per heavy atom. The smallest absolute Gasteiger partial charge is 0.165 e. The zero-order valence-corrected chi connectivity index (χ0v) is 7.26. The number of hydrogen-bond donors (Lipinski definition) is 2. The quantitative estimate of drug-likeness (QED) is 0.626. The topological polar surface area (TPSA) is 40.5 Å². The van der Waals surface area contributed by atoms with Gasteiger partial charge < -0.3 is 10.2 Å². The molecule has 0 aliphatic heterocycles. The number of aromatic hydroxyl groups is 2. The fourth-order valence-electron chi connectivity index (χ4n) is 1.02. The second-order valence-electron chi connectivity index (χ2n) is 2.91. The molecule has 0 saturated carbocycles. The van der Waals surface area contributed by atoms with Crippen molar-refractivity contribution in [1.82, 2.24) is 0 Å². The summed E-state index contributed by atoms with van der Waals surface area (Å²) in [5.41, 5.74) is 2.00. The maximum absolute atomic E-state index is 9.44. The average Bonchev–Trinajstić information content (AvgIpc) is 2.00. The van der Waals surface area contributed by atoms with E-state index in [1.54, 1.807) is 26.0 Å². The molecule has 0 aliphatic carbocycles. The number of benzene rings is 1. The molecule has 0 atom stereocenters. The van der Waals surface area contributed by atoms with Gasteiger partial charge in [0.2, 0.25) is 0 Å². The van der Waals surface area contributed by atoms with Crippen LogP contribution in [0.4, 0.5) is 0 Å². The van der Waals surface area contributed by atoms with Crippen molar-refractivity contribution in [1.29, 1.82) is 0 Å². The van der Waals surface area contributed by atoms with Crippen LogP contribution in [0.3, 0.4) is 0 Å². The highest BCUT2D eigenvalue weighted by atomic mass is 16.3. The molecule has 0 aliphatic rings. The summed E-state index contributed by atoms with van der Waals surface area (Å²) in [7, 11) is 0. The molecule has 0 fully saturated rings. The molecule has 12 heavy (non-hydrogen) atoms. The fourth-order valence-corrected chi connectivity index (χ4v) is 1.02. The van der Waals surface area contributed by atoms with Gasteiger partial charge in [-0.2, -0.15) is 0 Å². The van der Waals surface area contributed by atoms with Crippen molar-refractivity contribution >= 4 is 5.57 Å². The summed E-state index contributed by atoms with van der Waals surface area (Å²) in [5, 5.41) is 18.8. The first kappa shape index (κ1) is 8.65. The monoisotopic (exact) mass is 164 g/mol. The summed E-state index contributed by atoms with van der Waals surface area (Å²) in [6.45, 7) is 7.20. The van der Waals surface area contributed by atoms with Gasteiger partial charge in [0.15, 0.2) is 11.5 Å². The Kier molecular flexibility index (Phi) is 2.09. The van der Waals surface area contributed by atoms with Gasteiger partial charge in [0.25, 0.3) is 0 Å². The van der Waals surface area contributed by atoms with E-state index in [0.29, 0.717) is 11.1 Å². The Morgan fingerprint density at radius 3 is 2.33 bits per heavy atom. The first-order chi connectivity index (χ1) is 5.54. The summed E-state index contributed by atoms with van der Waals surface area (Å²) in [5.74, 6) is -0.141. The lowest BCUT2D eigenvalue weighted by Crippen LogP contribution is -1.83. The standard InChI is InChI=1S/C10H12O2/c1-6(2)8-5-4-7(3)9(11)10(8)12/h4-5,11-12H,1H2,2-3H3. The molecule has 64 valence electrons. The van der Waals surface area contributed by atoms with Gasteiger partial charge in [-0.15, -0.1) is 0 Å². The van der Waals surface area contributed by atoms with Crippen molar-refractivity contribution in [3.8, 4) is 11.5 Å². The van der Waals surface area contributed by atoms with Gasteiger partial charge in [0.05, 0.1) is 0 Å². The van der Waals surface area contributed by atoms with Crippen LogP contribution in [-0.4, -0.2) is 10.2 Å². The van der Waals surface area contributed by atoms with Crippen molar-refractivity contribution in [2.24, 2.45) is 0 Å². The van der Waals surface area contributed by atoms with Crippen LogP contribution in [0.25, 0.3) is 5.57 Å². The van der Waals surface area contributed by atoms with E-state index in [0.717, 1.165) is 5.57 Å². The van der Waals surface area contributed by atoms with E-state index >= 15 is 0 Å². The molecule has 1 rings (SSSR count). The number of rotatable bonds is 1. The molecular formula is C10H12O2. The van der Waals surface area contributed by atoms with Crippen molar-refractivity contribution < 1.29 is 10.2 Å². The number of aryl methyl sites for hydroxylation is 1. The van der Waals surface area contributed by atoms with Crippen LogP contribution in [0.15, 0.2) is 18.7 Å². The lowest BCUT2D eigenvalue weighted by Gasteiger charge is -2.07. The minimum atomic E-state index is -0.0810. The molecule has 2 heteroatoms. The number of phenols is 2. The Balaban J connectivity index is 3.36. The van der Waals surface area contributed by atoms with Crippen LogP contribution >= 0.6 is 0 Å². The third kappa shape index (κ3) is 1.28. The van der Waals surface area contributed by atoms with E-state index in [-0.39, 0.29) is 11.5 Å². The average molecular weight is 164 g/mol. The predicted octanol–water partition coefficient (Wildman–Crippen LogP) is 2.44. The van der Waals surface area contributed by atoms with Gasteiger partial charge in [-0.25, -0.2) is 0 Å². The van der Waals surface area contributed by atoms with Crippen LogP contribution in [0.1, 0.15) is 18.1 Å². The Labute approximate surface area is 71.8 Å². The summed E-state index contributed by atoms with van der Waals surface area (Å²) < 4.78 is 0. The van der Waals surface area contributed by atoms with Gasteiger partial charge >= 0.3 is 0 Å². The number of hydrogen-bond acceptors (Lipinski definition) is 2. The van der Waals surface area contributed by atoms with Crippen molar-refractivity contribution in [2.75, 3.05) is 0 Å². The second kappa shape index (κ2) is 2.89. The highest BCUT2D eigenvalue weighted by Crippen LogP contribution is 2.34. The van der Waals surface area contributed by atoms with E-state index in [2.05, 4.69) is 6.58 Å². The number of allylic oxidation sites excluding steroid dienone is 1. The van der Waals surface area contributed by atoms with Gasteiger partial charge in [-0.1, -0.05) is 18.7 Å². The molecule has 0 aromatic heterocycles. The molecule has 0 unspecified atom stereocenters. The first-order valence-corrected chi connectivity index (χ1v) is 3.71. The molecule has 2 nitrogen and oxygen atoms in total. The third-order valence-electron chi connectivity index (χ3n) is 1.81. The second-order valence-corrected chi connectivity index (χ2v) is 2.91. The van der Waals surface area contributed by atoms with Crippen LogP contribution in [0.5, 0.6) is 11.5 Å². The maximum Gasteiger partial charge on any atom is 0.165 e. The molecule has 2 N–H and O–H groups in total. The molecule has 0 radical (unpaired) electrons. The molecule has 0 bridgehead atoms. The van der Waals surface area contributed by atoms with E-state index in [4.69, 9.17) is 0 Å². The minimum Gasteiger partial charge on any atom is -0.504 e. The SMILES string of the molecule is C=C(C)c1ccc(C)c(O)c1O. The Morgan fingerprint density at radius 1 is 1.25 bits per heavy atom. The Hall–Kier alpha value is -1.44. The fraction of sp³-hybridized carbons (Fsp3) is 0.200. The molecule has 0 spiro atoms. The normalized spacial score (nSPS) is 9.83. The summed E-state index contributed by atoms with van der Waals surface area (Å²) >= 11 is 0. The molecule has 1 aromatic rings. The highest BCUT2D eigenvalue weighted by molar-refractivity contribution is 5.70. The summed E-state index contributed by atoms with van der Waals surface area (Å²) in [6.07, 6.45) is 0. The van der Waals surface area contributed by atoms with E-state index in [1.165, 1.54) is 0 Å². The van der Waals surface area contributed by atoms with Crippen LogP contribution in [-0.2, 0) is 0 Å². The van der Waals surface area contributed by atoms with Crippen molar-refractivity contribution in [3.05, 3.63) is 29.8 Å². The van der Waals surface area contributed by atoms with Crippen molar-refractivity contribution in [3.63, 3.8) is 0 Å². The maximum atomic E-state index is 9.44. The lowest BCUT2D eigenvalue weighted by atomic mass is 10.0. The highest BCUT2D eigenvalue weighted by Gasteiger charge is 2.08. The summed E-state index contributed by atoms with van der Waals surface area (Å²) in [6, 6.07) is 3.49. The van der Waals surface area contributed by atoms with Crippen molar-refractivity contribution in [2.45, 2.75) is 13.8 Å². The van der Waals surface area contributed by atoms with E-state index in [1.807, 2.05) is 0 Å². The molecule has 0 heterocycles. The molecule has 0 amide bonds. The predicted molar refractivity (Wildman–Crippen MR) is 49.2 cm³/mol. The zero-order valence-electron chi connectivity index (χ0n) is 7.26. The molecular weight excluding hydrogens is 152 g/mol. The zero-order chi connectivity index (χ0) is 9.30. The molecule has 1 aromatic carbocycles. The van der Waals surface area contributed by atoms with E-state index in [9.17, 15) is 10.2 Å². The largest absolute Gasteiger partial charge is 0.504 e. The third-order valence-corrected chi connectivity index (χ3v) is 1.81. The summed E-state index contributed by atoms with van der Waals surface area (Å²) in [4.78, 5) is 0. The first-order valence-electron chi connectivity index (χ1n) is 3.71. The van der Waals surface area contributed by atoms with Gasteiger partial charge in [-0.05, 0) is 25.0 Å². The Bertz CT molecular complexity index is 327. The van der Waals surface area contributed by atoms with Gasteiger partial charge in [0.1, 0.15) is 0 Å². The van der Waals surface area contributed by atoms with Gasteiger partial charge in [0, 0.05) is 5.56 Å².